The van der Waals surface area contributed by atoms with Gasteiger partial charge in [-0.05, 0) is 26.8 Å². The molecule has 0 saturated heterocycles. The van der Waals surface area contributed by atoms with E-state index in [1.807, 2.05) is 20.8 Å². The van der Waals surface area contributed by atoms with Crippen LogP contribution in [0.3, 0.4) is 0 Å². The summed E-state index contributed by atoms with van der Waals surface area (Å²) in [5, 5.41) is 6.51. The Bertz CT molecular complexity index is 276. The van der Waals surface area contributed by atoms with Crippen LogP contribution in [0.1, 0.15) is 26.5 Å². The topological polar surface area (TPSA) is 64.1 Å². The van der Waals surface area contributed by atoms with E-state index in [1.54, 1.807) is 12.3 Å². The van der Waals surface area contributed by atoms with Crippen LogP contribution < -0.4 is 0 Å². The van der Waals surface area contributed by atoms with Gasteiger partial charge in [0, 0.05) is 6.20 Å². The molecule has 0 aliphatic carbocycles. The molecule has 1 rings (SSSR count). The third-order valence-electron chi connectivity index (χ3n) is 1.33. The number of nitrogens with zero attached hydrogens (tertiary/aromatic N) is 2. The van der Waals surface area contributed by atoms with E-state index in [1.165, 1.54) is 6.21 Å². The normalized spacial score (nSPS) is 15.1. The molecule has 0 spiro atoms. The van der Waals surface area contributed by atoms with Gasteiger partial charge < -0.3 is 4.55 Å². The molecular weight excluding hydrogens is 186 g/mol. The summed E-state index contributed by atoms with van der Waals surface area (Å²) in [6, 6.07) is 1.77. The van der Waals surface area contributed by atoms with Crippen LogP contribution >= 0.6 is 0 Å². The Kier molecular flexibility index (Phi) is 3.11. The summed E-state index contributed by atoms with van der Waals surface area (Å²) in [6.07, 6.45) is 3.21. The van der Waals surface area contributed by atoms with E-state index >= 15 is 0 Å². The summed E-state index contributed by atoms with van der Waals surface area (Å²) < 4.78 is 15.0. The summed E-state index contributed by atoms with van der Waals surface area (Å²) in [6.45, 7) is 5.64. The van der Waals surface area contributed by atoms with E-state index in [9.17, 15) is 4.55 Å². The Labute approximate surface area is 80.8 Å². The van der Waals surface area contributed by atoms with Crippen LogP contribution in [0.5, 0.6) is 0 Å². The Morgan fingerprint density at radius 3 is 2.77 bits per heavy atom. The lowest BCUT2D eigenvalue weighted by Crippen LogP contribution is -2.25. The van der Waals surface area contributed by atoms with Crippen molar-refractivity contribution in [2.24, 2.45) is 4.40 Å². The molecular formula is C8H13N3OS. The highest BCUT2D eigenvalue weighted by Gasteiger charge is 2.25. The van der Waals surface area contributed by atoms with Gasteiger partial charge in [-0.3, -0.25) is 5.10 Å². The van der Waals surface area contributed by atoms with Gasteiger partial charge in [0.2, 0.25) is 0 Å². The van der Waals surface area contributed by atoms with Crippen LogP contribution in [0.25, 0.3) is 0 Å². The summed E-state index contributed by atoms with van der Waals surface area (Å²) >= 11 is -1.21. The molecule has 5 heteroatoms. The van der Waals surface area contributed by atoms with E-state index in [0.717, 1.165) is 0 Å². The largest absolute Gasteiger partial charge is 0.591 e. The second-order valence-corrected chi connectivity index (χ2v) is 5.53. The van der Waals surface area contributed by atoms with Crippen molar-refractivity contribution in [3.05, 3.63) is 18.0 Å². The third kappa shape index (κ3) is 3.20. The Hall–Kier alpha value is -0.810. The van der Waals surface area contributed by atoms with E-state index in [-0.39, 0.29) is 4.75 Å². The smallest absolute Gasteiger partial charge is 0.144 e. The number of hydrogen-bond acceptors (Lipinski definition) is 3. The van der Waals surface area contributed by atoms with E-state index in [4.69, 9.17) is 0 Å². The highest BCUT2D eigenvalue weighted by Crippen LogP contribution is 2.16. The minimum Gasteiger partial charge on any atom is -0.591 e. The minimum atomic E-state index is -1.21. The lowest BCUT2D eigenvalue weighted by atomic mass is 10.3. The number of rotatable bonds is 2. The molecule has 1 unspecified atom stereocenters. The van der Waals surface area contributed by atoms with Crippen molar-refractivity contribution in [2.75, 3.05) is 0 Å². The van der Waals surface area contributed by atoms with Crippen molar-refractivity contribution < 1.29 is 4.55 Å². The van der Waals surface area contributed by atoms with Crippen LogP contribution in [-0.4, -0.2) is 25.7 Å². The molecule has 0 amide bonds. The van der Waals surface area contributed by atoms with Crippen molar-refractivity contribution in [1.82, 2.24) is 10.2 Å². The van der Waals surface area contributed by atoms with Gasteiger partial charge in [-0.2, -0.15) is 5.10 Å². The molecule has 0 radical (unpaired) electrons. The first kappa shape index (κ1) is 10.3. The van der Waals surface area contributed by atoms with Crippen molar-refractivity contribution in [1.29, 1.82) is 0 Å². The average Bonchev–Trinajstić information content (AvgIpc) is 2.50. The first-order valence-corrected chi connectivity index (χ1v) is 5.06. The molecule has 0 aliphatic rings. The molecule has 1 aromatic heterocycles. The second-order valence-electron chi connectivity index (χ2n) is 3.60. The fraction of sp³-hybridized carbons (Fsp3) is 0.500. The van der Waals surface area contributed by atoms with Gasteiger partial charge >= 0.3 is 0 Å². The fourth-order valence-electron chi connectivity index (χ4n) is 0.604. The van der Waals surface area contributed by atoms with Gasteiger partial charge in [-0.1, -0.05) is 4.40 Å². The van der Waals surface area contributed by atoms with Crippen molar-refractivity contribution >= 4 is 17.6 Å². The summed E-state index contributed by atoms with van der Waals surface area (Å²) in [7, 11) is 0. The number of hydrogen-bond donors (Lipinski definition) is 1. The molecule has 1 N–H and O–H groups in total. The Morgan fingerprint density at radius 1 is 1.62 bits per heavy atom. The molecule has 72 valence electrons. The maximum atomic E-state index is 11.4. The molecule has 1 atom stereocenters. The number of H-pyrrole nitrogens is 1. The molecule has 0 aromatic carbocycles. The summed E-state index contributed by atoms with van der Waals surface area (Å²) in [5.41, 5.74) is 0.692. The molecule has 1 heterocycles. The van der Waals surface area contributed by atoms with E-state index in [0.29, 0.717) is 5.69 Å². The van der Waals surface area contributed by atoms with Crippen LogP contribution in [-0.2, 0) is 11.4 Å². The predicted molar refractivity (Wildman–Crippen MR) is 54.1 cm³/mol. The van der Waals surface area contributed by atoms with Crippen LogP contribution in [0, 0.1) is 0 Å². The minimum absolute atomic E-state index is 0.313. The zero-order valence-electron chi connectivity index (χ0n) is 7.94. The van der Waals surface area contributed by atoms with Gasteiger partial charge in [0.1, 0.15) is 28.0 Å². The molecule has 1 aromatic rings. The van der Waals surface area contributed by atoms with Crippen LogP contribution in [0.15, 0.2) is 16.7 Å². The summed E-state index contributed by atoms with van der Waals surface area (Å²) in [4.78, 5) is 0. The van der Waals surface area contributed by atoms with Crippen molar-refractivity contribution in [3.8, 4) is 0 Å². The van der Waals surface area contributed by atoms with Gasteiger partial charge in [0.15, 0.2) is 0 Å². The first-order valence-electron chi connectivity index (χ1n) is 3.96. The van der Waals surface area contributed by atoms with Crippen molar-refractivity contribution in [2.45, 2.75) is 25.5 Å². The number of aromatic nitrogens is 2. The lowest BCUT2D eigenvalue weighted by molar-refractivity contribution is 0.562. The lowest BCUT2D eigenvalue weighted by Gasteiger charge is -2.17. The zero-order valence-corrected chi connectivity index (χ0v) is 8.76. The SMILES string of the molecule is CC(C)(C)[S+]([O-])/N=C/c1cc[nH]n1. The molecule has 0 bridgehead atoms. The monoisotopic (exact) mass is 199 g/mol. The maximum absolute atomic E-state index is 11.4. The quantitative estimate of drug-likeness (QED) is 0.576. The second kappa shape index (κ2) is 3.93. The van der Waals surface area contributed by atoms with Gasteiger partial charge in [0.25, 0.3) is 0 Å². The first-order chi connectivity index (χ1) is 6.00. The number of aromatic amines is 1. The van der Waals surface area contributed by atoms with E-state index in [2.05, 4.69) is 14.6 Å². The standard InChI is InChI=1S/C8H13N3OS/c1-8(2,3)13(12)10-6-7-4-5-9-11-7/h4-6H,1-3H3,(H,9,11)/b10-6+. The maximum Gasteiger partial charge on any atom is 0.144 e. The molecule has 0 saturated carbocycles. The van der Waals surface area contributed by atoms with Gasteiger partial charge in [-0.25, -0.2) is 0 Å². The number of nitrogens with one attached hydrogen (secondary N) is 1. The van der Waals surface area contributed by atoms with Crippen LogP contribution in [0.2, 0.25) is 0 Å². The average molecular weight is 199 g/mol. The molecule has 13 heavy (non-hydrogen) atoms. The summed E-state index contributed by atoms with van der Waals surface area (Å²) in [5.74, 6) is 0. The molecule has 4 nitrogen and oxygen atoms in total. The predicted octanol–water partition coefficient (Wildman–Crippen LogP) is 1.29. The van der Waals surface area contributed by atoms with Gasteiger partial charge in [0.05, 0.1) is 0 Å². The zero-order chi connectivity index (χ0) is 9.90. The third-order valence-corrected chi connectivity index (χ3v) is 2.67. The van der Waals surface area contributed by atoms with E-state index < -0.39 is 11.4 Å². The van der Waals surface area contributed by atoms with Gasteiger partial charge in [-0.15, -0.1) is 0 Å². The highest BCUT2D eigenvalue weighted by atomic mass is 32.2. The molecule has 0 fully saturated rings. The highest BCUT2D eigenvalue weighted by molar-refractivity contribution is 7.91. The fourth-order valence-corrected chi connectivity index (χ4v) is 1.12. The molecule has 0 aliphatic heterocycles. The van der Waals surface area contributed by atoms with Crippen LogP contribution in [0.4, 0.5) is 0 Å². The van der Waals surface area contributed by atoms with Crippen molar-refractivity contribution in [3.63, 3.8) is 0 Å². The Balaban J connectivity index is 2.59. The Morgan fingerprint density at radius 2 is 2.31 bits per heavy atom.